The molecule has 0 bridgehead atoms. The van der Waals surface area contributed by atoms with Gasteiger partial charge in [-0.15, -0.1) is 0 Å². The van der Waals surface area contributed by atoms with Crippen molar-refractivity contribution in [3.8, 4) is 0 Å². The van der Waals surface area contributed by atoms with Crippen molar-refractivity contribution in [2.45, 2.75) is 32.4 Å². The largest absolute Gasteiger partial charge is 0.328 e. The number of para-hydroxylation sites is 1. The van der Waals surface area contributed by atoms with Crippen molar-refractivity contribution < 1.29 is 9.57 Å². The number of rotatable bonds is 0. The number of fused-ring (bicyclic) bond motifs is 3. The lowest BCUT2D eigenvalue weighted by atomic mass is 9.87. The van der Waals surface area contributed by atoms with Crippen LogP contribution in [0.4, 0.5) is 5.69 Å². The van der Waals surface area contributed by atoms with Crippen LogP contribution in [-0.2, 0) is 9.57 Å². The molecule has 3 nitrogen and oxygen atoms in total. The zero-order valence-corrected chi connectivity index (χ0v) is 9.72. The third-order valence-corrected chi connectivity index (χ3v) is 3.81. The monoisotopic (exact) mass is 219 g/mol. The van der Waals surface area contributed by atoms with E-state index in [1.54, 1.807) is 0 Å². The minimum Gasteiger partial charge on any atom is -0.328 e. The van der Waals surface area contributed by atoms with Crippen molar-refractivity contribution in [3.63, 3.8) is 0 Å². The quantitative estimate of drug-likeness (QED) is 0.669. The molecule has 3 heteroatoms. The van der Waals surface area contributed by atoms with Crippen LogP contribution in [0.2, 0.25) is 0 Å². The summed E-state index contributed by atoms with van der Waals surface area (Å²) in [6, 6.07) is 8.46. The maximum Gasteiger partial charge on any atom is 0.176 e. The van der Waals surface area contributed by atoms with Gasteiger partial charge < -0.3 is 4.74 Å². The van der Waals surface area contributed by atoms with E-state index in [9.17, 15) is 0 Å². The van der Waals surface area contributed by atoms with Gasteiger partial charge in [0.15, 0.2) is 13.0 Å². The maximum atomic E-state index is 5.62. The van der Waals surface area contributed by atoms with Crippen molar-refractivity contribution in [2.75, 3.05) is 11.9 Å². The average molecular weight is 219 g/mol. The highest BCUT2D eigenvalue weighted by Gasteiger charge is 2.35. The molecule has 86 valence electrons. The predicted octanol–water partition coefficient (Wildman–Crippen LogP) is 2.88. The molecule has 1 unspecified atom stereocenters. The summed E-state index contributed by atoms with van der Waals surface area (Å²) in [6.07, 6.45) is 1.11. The summed E-state index contributed by atoms with van der Waals surface area (Å²) < 4.78 is 5.62. The Bertz CT molecular complexity index is 393. The second-order valence-corrected chi connectivity index (χ2v) is 4.75. The Morgan fingerprint density at radius 3 is 2.94 bits per heavy atom. The van der Waals surface area contributed by atoms with Crippen LogP contribution in [0, 0.1) is 5.92 Å². The molecule has 3 rings (SSSR count). The number of ether oxygens (including phenoxy) is 1. The third-order valence-electron chi connectivity index (χ3n) is 3.81. The molecular formula is C13H17NO2. The van der Waals surface area contributed by atoms with Crippen LogP contribution < -0.4 is 5.06 Å². The van der Waals surface area contributed by atoms with Gasteiger partial charge in [0.1, 0.15) is 0 Å². The molecule has 0 aliphatic carbocycles. The zero-order chi connectivity index (χ0) is 11.1. The first kappa shape index (κ1) is 10.1. The average Bonchev–Trinajstić information content (AvgIpc) is 2.72. The van der Waals surface area contributed by atoms with Gasteiger partial charge in [0.25, 0.3) is 0 Å². The number of hydroxylamine groups is 1. The highest BCUT2D eigenvalue weighted by Crippen LogP contribution is 2.41. The van der Waals surface area contributed by atoms with Gasteiger partial charge in [-0.05, 0) is 29.9 Å². The van der Waals surface area contributed by atoms with Crippen molar-refractivity contribution in [1.82, 2.24) is 0 Å². The predicted molar refractivity (Wildman–Crippen MR) is 61.9 cm³/mol. The lowest BCUT2D eigenvalue weighted by molar-refractivity contribution is 0.0378. The van der Waals surface area contributed by atoms with E-state index in [1.807, 2.05) is 5.06 Å². The summed E-state index contributed by atoms with van der Waals surface area (Å²) in [5.74, 6) is 1.16. The smallest absolute Gasteiger partial charge is 0.176 e. The maximum absolute atomic E-state index is 5.62. The van der Waals surface area contributed by atoms with Crippen LogP contribution >= 0.6 is 0 Å². The Labute approximate surface area is 95.9 Å². The molecule has 0 aromatic heterocycles. The first-order valence-corrected chi connectivity index (χ1v) is 5.90. The van der Waals surface area contributed by atoms with Crippen LogP contribution in [0.15, 0.2) is 24.3 Å². The molecule has 0 radical (unpaired) electrons. The number of hydrogen-bond donors (Lipinski definition) is 0. The molecule has 2 heterocycles. The molecule has 2 aliphatic heterocycles. The highest BCUT2D eigenvalue weighted by atomic mass is 16.8. The van der Waals surface area contributed by atoms with Crippen LogP contribution in [0.5, 0.6) is 0 Å². The van der Waals surface area contributed by atoms with Gasteiger partial charge in [0.2, 0.25) is 0 Å². The number of benzene rings is 1. The summed E-state index contributed by atoms with van der Waals surface area (Å²) >= 11 is 0. The number of anilines is 1. The molecule has 0 spiro atoms. The van der Waals surface area contributed by atoms with Crippen LogP contribution in [-0.4, -0.2) is 13.0 Å². The van der Waals surface area contributed by atoms with Gasteiger partial charge in [-0.25, -0.2) is 9.90 Å². The second-order valence-electron chi connectivity index (χ2n) is 4.75. The topological polar surface area (TPSA) is 21.7 Å². The Hall–Kier alpha value is -1.06. The standard InChI is InChI=1S/C13H17NO2/c1-9-7-13-14(16-8-15-13)12-6-4-3-5-11(12)10(9)2/h3-6,9-10,13H,7-8H2,1-2H3/t9-,10+,13?/m0/s1. The minimum absolute atomic E-state index is 0.0844. The molecule has 1 aromatic rings. The Balaban J connectivity index is 2.09. The van der Waals surface area contributed by atoms with Crippen molar-refractivity contribution in [2.24, 2.45) is 5.92 Å². The minimum atomic E-state index is 0.0844. The molecular weight excluding hydrogens is 202 g/mol. The molecule has 0 amide bonds. The highest BCUT2D eigenvalue weighted by molar-refractivity contribution is 5.55. The van der Waals surface area contributed by atoms with Gasteiger partial charge in [-0.1, -0.05) is 32.0 Å². The van der Waals surface area contributed by atoms with E-state index in [0.29, 0.717) is 18.6 Å². The number of nitrogens with zero attached hydrogens (tertiary/aromatic N) is 1. The molecule has 1 aromatic carbocycles. The van der Waals surface area contributed by atoms with E-state index in [0.717, 1.165) is 6.42 Å². The van der Waals surface area contributed by atoms with E-state index in [4.69, 9.17) is 9.57 Å². The lowest BCUT2D eigenvalue weighted by Gasteiger charge is -2.21. The molecule has 0 saturated carbocycles. The summed E-state index contributed by atoms with van der Waals surface area (Å²) in [6.45, 7) is 4.94. The molecule has 0 N–H and O–H groups in total. The Kier molecular flexibility index (Phi) is 2.37. The fourth-order valence-corrected chi connectivity index (χ4v) is 2.61. The third kappa shape index (κ3) is 1.43. The van der Waals surface area contributed by atoms with E-state index in [-0.39, 0.29) is 6.23 Å². The first-order valence-electron chi connectivity index (χ1n) is 5.90. The van der Waals surface area contributed by atoms with Gasteiger partial charge >= 0.3 is 0 Å². The Morgan fingerprint density at radius 2 is 2.06 bits per heavy atom. The zero-order valence-electron chi connectivity index (χ0n) is 9.72. The Morgan fingerprint density at radius 1 is 1.25 bits per heavy atom. The molecule has 1 saturated heterocycles. The normalized spacial score (nSPS) is 33.1. The lowest BCUT2D eigenvalue weighted by Crippen LogP contribution is -2.28. The number of hydrogen-bond acceptors (Lipinski definition) is 3. The fourth-order valence-electron chi connectivity index (χ4n) is 2.61. The van der Waals surface area contributed by atoms with E-state index in [1.165, 1.54) is 11.3 Å². The van der Waals surface area contributed by atoms with E-state index in [2.05, 4.69) is 38.1 Å². The fraction of sp³-hybridized carbons (Fsp3) is 0.538. The SMILES string of the molecule is C[C@H]1CC2OCON2c2ccccc2[C@@H]1C. The van der Waals surface area contributed by atoms with E-state index >= 15 is 0 Å². The summed E-state index contributed by atoms with van der Waals surface area (Å²) in [4.78, 5) is 5.57. The van der Waals surface area contributed by atoms with Crippen LogP contribution in [0.25, 0.3) is 0 Å². The van der Waals surface area contributed by atoms with Crippen LogP contribution in [0.3, 0.4) is 0 Å². The molecule has 16 heavy (non-hydrogen) atoms. The molecule has 3 atom stereocenters. The summed E-state index contributed by atoms with van der Waals surface area (Å²) in [7, 11) is 0. The van der Waals surface area contributed by atoms with Gasteiger partial charge in [-0.2, -0.15) is 0 Å². The van der Waals surface area contributed by atoms with Gasteiger partial charge in [0, 0.05) is 0 Å². The van der Waals surface area contributed by atoms with Crippen LogP contribution in [0.1, 0.15) is 31.7 Å². The second kappa shape index (κ2) is 3.75. The van der Waals surface area contributed by atoms with Gasteiger partial charge in [-0.3, -0.25) is 0 Å². The van der Waals surface area contributed by atoms with E-state index < -0.39 is 0 Å². The van der Waals surface area contributed by atoms with Crippen molar-refractivity contribution >= 4 is 5.69 Å². The van der Waals surface area contributed by atoms with Gasteiger partial charge in [0.05, 0.1) is 5.69 Å². The summed E-state index contributed by atoms with van der Waals surface area (Å²) in [5, 5.41) is 1.94. The molecule has 2 aliphatic rings. The molecule has 1 fully saturated rings. The summed E-state index contributed by atoms with van der Waals surface area (Å²) in [5.41, 5.74) is 2.53. The first-order chi connectivity index (χ1) is 7.77. The van der Waals surface area contributed by atoms with Crippen molar-refractivity contribution in [1.29, 1.82) is 0 Å². The van der Waals surface area contributed by atoms with Crippen molar-refractivity contribution in [3.05, 3.63) is 29.8 Å².